The zero-order chi connectivity index (χ0) is 43.8. The number of nitrogens with one attached hydrogen (secondary N) is 1. The van der Waals surface area contributed by atoms with Crippen LogP contribution < -0.4 is 20.9 Å². The number of hydrogen-bond acceptors (Lipinski definition) is 8. The quantitative estimate of drug-likeness (QED) is 0.132. The summed E-state index contributed by atoms with van der Waals surface area (Å²) >= 11 is 7.35. The number of piperazine rings is 1. The molecule has 2 fully saturated rings. The van der Waals surface area contributed by atoms with Crippen molar-refractivity contribution >= 4 is 55.9 Å². The van der Waals surface area contributed by atoms with Crippen LogP contribution in [0, 0.1) is 23.4 Å². The van der Waals surface area contributed by atoms with Gasteiger partial charge in [-0.15, -0.1) is 0 Å². The zero-order valence-electron chi connectivity index (χ0n) is 32.1. The van der Waals surface area contributed by atoms with Crippen LogP contribution in [0.4, 0.5) is 45.9 Å². The van der Waals surface area contributed by atoms with E-state index < -0.39 is 88.3 Å². The van der Waals surface area contributed by atoms with Crippen LogP contribution in [0.25, 0.3) is 21.5 Å². The van der Waals surface area contributed by atoms with E-state index in [1.807, 2.05) is 12.1 Å². The molecule has 9 rings (SSSR count). The van der Waals surface area contributed by atoms with E-state index in [1.165, 1.54) is 23.5 Å². The smallest absolute Gasteiger partial charge is 0.368 e. The number of halogens is 9. The van der Waals surface area contributed by atoms with Crippen LogP contribution in [0.15, 0.2) is 66.7 Å². The molecule has 1 saturated heterocycles. The summed E-state index contributed by atoms with van der Waals surface area (Å²) in [6.45, 7) is 1.34. The summed E-state index contributed by atoms with van der Waals surface area (Å²) in [6, 6.07) is 13.9. The number of anilines is 2. The number of nitrogens with two attached hydrogens (primary N) is 1. The van der Waals surface area contributed by atoms with Crippen LogP contribution in [-0.2, 0) is 29.9 Å². The number of aromatic nitrogens is 4. The van der Waals surface area contributed by atoms with E-state index in [9.17, 15) is 35.9 Å². The topological polar surface area (TPSA) is 122 Å². The van der Waals surface area contributed by atoms with Crippen molar-refractivity contribution in [2.45, 2.75) is 49.9 Å². The summed E-state index contributed by atoms with van der Waals surface area (Å²) in [5, 5.41) is 7.33. The molecule has 2 aliphatic carbocycles. The van der Waals surface area contributed by atoms with Gasteiger partial charge in [-0.25, -0.2) is 18.2 Å². The van der Waals surface area contributed by atoms with E-state index in [1.54, 1.807) is 18.2 Å². The molecule has 6 aromatic rings. The fourth-order valence-corrected chi connectivity index (χ4v) is 9.83. The highest BCUT2D eigenvalue weighted by atomic mass is 35.5. The highest BCUT2D eigenvalue weighted by Crippen LogP contribution is 2.64. The van der Waals surface area contributed by atoms with Gasteiger partial charge < -0.3 is 20.9 Å². The largest absolute Gasteiger partial charge is 0.435 e. The Labute approximate surface area is 356 Å². The van der Waals surface area contributed by atoms with Gasteiger partial charge in [0.1, 0.15) is 29.7 Å². The minimum atomic E-state index is -5.08. The SMILES string of the molecule is NC(=O)c1cc(-c2cc3sc(N4CCN(c5ccc(Cl)cc5)CC4)nc3nc2[C@H](Cc2cc(F)cc(F)c2)NC(=O)Cn2nc(C(F)(F)F)c3c2C(F)(F)[C@@H]2CC[C@H]32)ccc1F. The summed E-state index contributed by atoms with van der Waals surface area (Å²) in [6.07, 6.45) is -5.36. The van der Waals surface area contributed by atoms with Gasteiger partial charge in [0.25, 0.3) is 11.8 Å². The van der Waals surface area contributed by atoms with E-state index in [-0.39, 0.29) is 47.3 Å². The molecule has 322 valence electrons. The number of benzene rings is 3. The lowest BCUT2D eigenvalue weighted by atomic mass is 9.73. The second-order valence-corrected chi connectivity index (χ2v) is 17.0. The summed E-state index contributed by atoms with van der Waals surface area (Å²) in [4.78, 5) is 40.2. The Morgan fingerprint density at radius 2 is 1.61 bits per heavy atom. The number of fused-ring (bicyclic) bond motifs is 4. The Balaban J connectivity index is 1.11. The molecule has 0 unspecified atom stereocenters. The molecule has 3 atom stereocenters. The Morgan fingerprint density at radius 3 is 2.26 bits per heavy atom. The van der Waals surface area contributed by atoms with E-state index in [0.717, 1.165) is 23.9 Å². The lowest BCUT2D eigenvalue weighted by Crippen LogP contribution is -2.46. The maximum atomic E-state index is 15.7. The van der Waals surface area contributed by atoms with Gasteiger partial charge in [0.15, 0.2) is 16.5 Å². The van der Waals surface area contributed by atoms with Crippen molar-refractivity contribution in [3.05, 3.63) is 123 Å². The maximum Gasteiger partial charge on any atom is 0.435 e. The Morgan fingerprint density at radius 1 is 0.919 bits per heavy atom. The summed E-state index contributed by atoms with van der Waals surface area (Å²) in [5.41, 5.74) is 3.49. The second kappa shape index (κ2) is 15.5. The fraction of sp³-hybridized carbons (Fsp3) is 0.310. The first-order valence-corrected chi connectivity index (χ1v) is 20.6. The predicted molar refractivity (Wildman–Crippen MR) is 215 cm³/mol. The molecule has 10 nitrogen and oxygen atoms in total. The maximum absolute atomic E-state index is 15.7. The number of hydrogen-bond donors (Lipinski definition) is 2. The molecule has 0 bridgehead atoms. The zero-order valence-corrected chi connectivity index (χ0v) is 33.7. The number of alkyl halides is 5. The highest BCUT2D eigenvalue weighted by Gasteiger charge is 2.63. The lowest BCUT2D eigenvalue weighted by Gasteiger charge is -2.35. The third-order valence-corrected chi connectivity index (χ3v) is 13.0. The van der Waals surface area contributed by atoms with Crippen LogP contribution in [0.2, 0.25) is 5.02 Å². The number of nitrogens with zero attached hydrogens (tertiary/aromatic N) is 6. The molecule has 1 aliphatic heterocycles. The van der Waals surface area contributed by atoms with Crippen molar-refractivity contribution in [2.24, 2.45) is 11.7 Å². The average molecular weight is 901 g/mol. The number of primary amides is 1. The van der Waals surface area contributed by atoms with Crippen molar-refractivity contribution in [3.63, 3.8) is 0 Å². The van der Waals surface area contributed by atoms with Gasteiger partial charge >= 0.3 is 6.18 Å². The molecule has 3 aromatic carbocycles. The number of rotatable bonds is 10. The lowest BCUT2D eigenvalue weighted by molar-refractivity contribution is -0.144. The van der Waals surface area contributed by atoms with Gasteiger partial charge in [-0.3, -0.25) is 14.3 Å². The monoisotopic (exact) mass is 900 g/mol. The van der Waals surface area contributed by atoms with Crippen molar-refractivity contribution in [2.75, 3.05) is 36.0 Å². The number of carbonyl (C=O) groups is 2. The average Bonchev–Trinajstić information content (AvgIpc) is 3.82. The molecular weight excluding hydrogens is 868 g/mol. The van der Waals surface area contributed by atoms with Gasteiger partial charge in [-0.05, 0) is 90.9 Å². The molecule has 4 heterocycles. The van der Waals surface area contributed by atoms with Crippen molar-refractivity contribution < 1.29 is 44.7 Å². The number of thiazole rings is 1. The first-order chi connectivity index (χ1) is 29.4. The minimum Gasteiger partial charge on any atom is -0.368 e. The predicted octanol–water partition coefficient (Wildman–Crippen LogP) is 8.77. The fourth-order valence-electron chi connectivity index (χ4n) is 8.70. The van der Waals surface area contributed by atoms with Gasteiger partial charge in [0, 0.05) is 60.0 Å². The molecule has 20 heteroatoms. The van der Waals surface area contributed by atoms with Gasteiger partial charge in [-0.1, -0.05) is 29.0 Å². The normalized spacial score (nSPS) is 18.7. The molecule has 0 spiro atoms. The number of pyridine rings is 1. The first kappa shape index (κ1) is 41.5. The standard InChI is InChI=1S/C42H33ClF8N8O2S/c43-22-2-4-25(5-3-22)57-9-11-58(12-10-57)40-55-39-32(62-40)18-27(21-1-8-30(46)28(16-21)38(52)61)35(54-39)31(15-20-13-23(44)17-24(45)14-20)53-33(60)19-59-37-34(36(56-59)42(49,50)51)26-6-7-29(26)41(37,47)48/h1-5,8,13-14,16-18,26,29,31H,6-7,9-12,15,19H2,(H2,52,61)(H,53,60)/t26-,29+,31-/m0/s1. The first-order valence-electron chi connectivity index (χ1n) is 19.4. The molecule has 3 aromatic heterocycles. The van der Waals surface area contributed by atoms with Crippen LogP contribution in [0.5, 0.6) is 0 Å². The summed E-state index contributed by atoms with van der Waals surface area (Å²) in [7, 11) is 0. The molecule has 2 amide bonds. The van der Waals surface area contributed by atoms with Crippen LogP contribution >= 0.6 is 22.9 Å². The summed E-state index contributed by atoms with van der Waals surface area (Å²) < 4.78 is 119. The second-order valence-electron chi connectivity index (χ2n) is 15.5. The number of carbonyl (C=O) groups excluding carboxylic acids is 2. The molecule has 1 saturated carbocycles. The molecule has 62 heavy (non-hydrogen) atoms. The minimum absolute atomic E-state index is 0.00215. The highest BCUT2D eigenvalue weighted by molar-refractivity contribution is 7.22. The molecule has 3 aliphatic rings. The van der Waals surface area contributed by atoms with Crippen molar-refractivity contribution in [1.29, 1.82) is 0 Å². The Kier molecular flexibility index (Phi) is 10.4. The van der Waals surface area contributed by atoms with Crippen LogP contribution in [0.3, 0.4) is 0 Å². The van der Waals surface area contributed by atoms with Crippen LogP contribution in [-0.4, -0.2) is 57.7 Å². The van der Waals surface area contributed by atoms with E-state index in [0.29, 0.717) is 51.8 Å². The molecule has 0 radical (unpaired) electrons. The summed E-state index contributed by atoms with van der Waals surface area (Å²) in [5.74, 6) is -11.1. The molecular formula is C42H33ClF8N8O2S. The Hall–Kier alpha value is -5.82. The van der Waals surface area contributed by atoms with Gasteiger partial charge in [-0.2, -0.15) is 32.0 Å². The number of amides is 2. The van der Waals surface area contributed by atoms with E-state index >= 15 is 8.78 Å². The Bertz CT molecular complexity index is 2730. The van der Waals surface area contributed by atoms with Gasteiger partial charge in [0.05, 0.1) is 22.0 Å². The van der Waals surface area contributed by atoms with Gasteiger partial charge in [0.2, 0.25) is 5.91 Å². The van der Waals surface area contributed by atoms with Crippen molar-refractivity contribution in [1.82, 2.24) is 25.1 Å². The van der Waals surface area contributed by atoms with Crippen molar-refractivity contribution in [3.8, 4) is 11.1 Å². The van der Waals surface area contributed by atoms with E-state index in [2.05, 4.69) is 20.2 Å². The third-order valence-electron chi connectivity index (χ3n) is 11.7. The van der Waals surface area contributed by atoms with Crippen LogP contribution in [0.1, 0.15) is 63.4 Å². The van der Waals surface area contributed by atoms with E-state index in [4.69, 9.17) is 27.3 Å². The third kappa shape index (κ3) is 7.58. The molecule has 3 N–H and O–H groups in total.